The zero-order valence-corrected chi connectivity index (χ0v) is 11.6. The highest BCUT2D eigenvalue weighted by Gasteiger charge is 2.05. The minimum absolute atomic E-state index is 0.0347. The van der Waals surface area contributed by atoms with Crippen molar-refractivity contribution < 1.29 is 9.90 Å². The van der Waals surface area contributed by atoms with E-state index in [1.807, 2.05) is 12.1 Å². The second-order valence-electron chi connectivity index (χ2n) is 2.84. The molecule has 0 saturated carbocycles. The Balaban J connectivity index is 0.000000249. The van der Waals surface area contributed by atoms with Crippen LogP contribution in [-0.4, -0.2) is 26.0 Å². The first-order valence-electron chi connectivity index (χ1n) is 4.40. The van der Waals surface area contributed by atoms with E-state index in [2.05, 4.69) is 43.0 Å². The molecule has 0 spiro atoms. The van der Waals surface area contributed by atoms with E-state index in [1.54, 1.807) is 16.8 Å². The summed E-state index contributed by atoms with van der Waals surface area (Å²) in [5, 5.41) is 20.5. The average Bonchev–Trinajstić information content (AvgIpc) is 2.67. The van der Waals surface area contributed by atoms with Crippen molar-refractivity contribution in [2.45, 2.75) is 0 Å². The van der Waals surface area contributed by atoms with Crippen molar-refractivity contribution in [3.8, 4) is 6.07 Å². The Morgan fingerprint density at radius 3 is 2.82 bits per heavy atom. The maximum atomic E-state index is 9.32. The van der Waals surface area contributed by atoms with Crippen LogP contribution in [0.4, 0.5) is 0 Å². The lowest BCUT2D eigenvalue weighted by atomic mass is 10.3. The molecular formula is C10H7Br2N3O2. The van der Waals surface area contributed by atoms with Crippen molar-refractivity contribution in [3.63, 3.8) is 0 Å². The summed E-state index contributed by atoms with van der Waals surface area (Å²) in [5.74, 6) is -0.829. The molecule has 0 bridgehead atoms. The average molecular weight is 361 g/mol. The van der Waals surface area contributed by atoms with Crippen molar-refractivity contribution >= 4 is 43.3 Å². The minimum Gasteiger partial charge on any atom is -0.481 e. The molecule has 2 aromatic heterocycles. The van der Waals surface area contributed by atoms with Gasteiger partial charge in [-0.1, -0.05) is 15.9 Å². The van der Waals surface area contributed by atoms with Gasteiger partial charge in [-0.05, 0) is 34.1 Å². The summed E-state index contributed by atoms with van der Waals surface area (Å²) in [6, 6.07) is 7.52. The lowest BCUT2D eigenvalue weighted by Gasteiger charge is -1.91. The Hall–Kier alpha value is -1.39. The number of rotatable bonds is 1. The van der Waals surface area contributed by atoms with Crippen LogP contribution >= 0.6 is 31.9 Å². The Morgan fingerprint density at radius 1 is 1.65 bits per heavy atom. The number of carboxylic acid groups (broad SMARTS) is 1. The summed E-state index contributed by atoms with van der Waals surface area (Å²) >= 11 is 6.02. The minimum atomic E-state index is -0.829. The number of carboxylic acids is 1. The number of nitrogens with zero attached hydrogens (tertiary/aromatic N) is 3. The van der Waals surface area contributed by atoms with Crippen LogP contribution in [0.5, 0.6) is 0 Å². The van der Waals surface area contributed by atoms with Crippen LogP contribution in [-0.2, 0) is 4.79 Å². The van der Waals surface area contributed by atoms with E-state index < -0.39 is 5.97 Å². The second-order valence-corrected chi connectivity index (χ2v) is 4.21. The third kappa shape index (κ3) is 3.54. The fraction of sp³-hybridized carbons (Fsp3) is 0.100. The SMILES string of the molecule is N#Cc1cc(Br)n2ncccc12.O=C(O)CBr. The van der Waals surface area contributed by atoms with Gasteiger partial charge in [-0.25, -0.2) is 4.52 Å². The van der Waals surface area contributed by atoms with Crippen molar-refractivity contribution in [1.82, 2.24) is 9.61 Å². The van der Waals surface area contributed by atoms with E-state index in [9.17, 15) is 4.79 Å². The van der Waals surface area contributed by atoms with Gasteiger partial charge >= 0.3 is 5.97 Å². The third-order valence-electron chi connectivity index (χ3n) is 1.73. The molecule has 0 aliphatic rings. The highest BCUT2D eigenvalue weighted by molar-refractivity contribution is 9.10. The molecular weight excluding hydrogens is 354 g/mol. The molecule has 17 heavy (non-hydrogen) atoms. The van der Waals surface area contributed by atoms with Gasteiger partial charge in [-0.2, -0.15) is 10.4 Å². The number of alkyl halides is 1. The van der Waals surface area contributed by atoms with Gasteiger partial charge in [0.05, 0.1) is 11.1 Å². The maximum absolute atomic E-state index is 9.32. The first-order valence-corrected chi connectivity index (χ1v) is 6.31. The number of hydrogen-bond donors (Lipinski definition) is 1. The van der Waals surface area contributed by atoms with Gasteiger partial charge in [0.1, 0.15) is 16.0 Å². The molecule has 0 aliphatic heterocycles. The monoisotopic (exact) mass is 359 g/mol. The van der Waals surface area contributed by atoms with Gasteiger partial charge in [0, 0.05) is 6.20 Å². The molecule has 5 nitrogen and oxygen atoms in total. The predicted octanol–water partition coefficient (Wildman–Crippen LogP) is 2.43. The molecule has 2 heterocycles. The molecule has 88 valence electrons. The van der Waals surface area contributed by atoms with Crippen LogP contribution in [0.25, 0.3) is 5.52 Å². The number of hydrogen-bond acceptors (Lipinski definition) is 3. The topological polar surface area (TPSA) is 78.4 Å². The third-order valence-corrected chi connectivity index (χ3v) is 2.77. The Morgan fingerprint density at radius 2 is 2.29 bits per heavy atom. The van der Waals surface area contributed by atoms with Gasteiger partial charge < -0.3 is 5.11 Å². The zero-order chi connectivity index (χ0) is 12.8. The molecule has 0 amide bonds. The number of halogens is 2. The quantitative estimate of drug-likeness (QED) is 0.792. The largest absolute Gasteiger partial charge is 0.481 e. The van der Waals surface area contributed by atoms with Crippen LogP contribution in [0.15, 0.2) is 29.0 Å². The van der Waals surface area contributed by atoms with Crippen molar-refractivity contribution in [2.75, 3.05) is 5.33 Å². The van der Waals surface area contributed by atoms with Gasteiger partial charge in [0.15, 0.2) is 0 Å². The fourth-order valence-corrected chi connectivity index (χ4v) is 1.60. The van der Waals surface area contributed by atoms with Crippen LogP contribution in [0.2, 0.25) is 0 Å². The van der Waals surface area contributed by atoms with Crippen LogP contribution in [0.1, 0.15) is 5.56 Å². The smallest absolute Gasteiger partial charge is 0.314 e. The Bertz CT molecular complexity index is 574. The van der Waals surface area contributed by atoms with E-state index in [0.29, 0.717) is 5.56 Å². The summed E-state index contributed by atoms with van der Waals surface area (Å²) in [4.78, 5) is 9.32. The molecule has 2 aromatic rings. The van der Waals surface area contributed by atoms with Crippen molar-refractivity contribution in [1.29, 1.82) is 5.26 Å². The van der Waals surface area contributed by atoms with Crippen molar-refractivity contribution in [2.24, 2.45) is 0 Å². The summed E-state index contributed by atoms with van der Waals surface area (Å²) in [6.07, 6.45) is 1.68. The molecule has 2 rings (SSSR count). The molecule has 0 atom stereocenters. The number of aliphatic carboxylic acids is 1. The number of nitriles is 1. The molecule has 0 aliphatic carbocycles. The van der Waals surface area contributed by atoms with Crippen LogP contribution in [0, 0.1) is 11.3 Å². The van der Waals surface area contributed by atoms with Gasteiger partial charge in [0.2, 0.25) is 0 Å². The van der Waals surface area contributed by atoms with Crippen molar-refractivity contribution in [3.05, 3.63) is 34.6 Å². The van der Waals surface area contributed by atoms with E-state index >= 15 is 0 Å². The standard InChI is InChI=1S/C8H4BrN3.C2H3BrO2/c9-8-4-6(5-10)7-2-1-3-11-12(7)8;3-1-2(4)5/h1-4H;1H2,(H,4,5). The molecule has 7 heteroatoms. The predicted molar refractivity (Wildman–Crippen MR) is 69.0 cm³/mol. The maximum Gasteiger partial charge on any atom is 0.314 e. The number of carbonyl (C=O) groups is 1. The lowest BCUT2D eigenvalue weighted by Crippen LogP contribution is -1.92. The molecule has 0 saturated heterocycles. The lowest BCUT2D eigenvalue weighted by molar-refractivity contribution is -0.133. The highest BCUT2D eigenvalue weighted by Crippen LogP contribution is 2.18. The molecule has 1 N–H and O–H groups in total. The van der Waals surface area contributed by atoms with Gasteiger partial charge in [0.25, 0.3) is 0 Å². The van der Waals surface area contributed by atoms with Gasteiger partial charge in [-0.3, -0.25) is 4.79 Å². The molecule has 0 aromatic carbocycles. The first-order chi connectivity index (χ1) is 8.10. The molecule has 0 unspecified atom stereocenters. The molecule has 0 fully saturated rings. The van der Waals surface area contributed by atoms with E-state index in [0.717, 1.165) is 10.1 Å². The second kappa shape index (κ2) is 6.37. The fourth-order valence-electron chi connectivity index (χ4n) is 1.09. The number of fused-ring (bicyclic) bond motifs is 1. The van der Waals surface area contributed by atoms with E-state index in [1.165, 1.54) is 0 Å². The summed E-state index contributed by atoms with van der Waals surface area (Å²) < 4.78 is 2.48. The summed E-state index contributed by atoms with van der Waals surface area (Å²) in [5.41, 5.74) is 1.46. The van der Waals surface area contributed by atoms with Crippen LogP contribution < -0.4 is 0 Å². The summed E-state index contributed by atoms with van der Waals surface area (Å²) in [7, 11) is 0. The Labute approximate surface area is 114 Å². The zero-order valence-electron chi connectivity index (χ0n) is 8.47. The Kier molecular flexibility index (Phi) is 5.12. The molecule has 0 radical (unpaired) electrons. The summed E-state index contributed by atoms with van der Waals surface area (Å²) in [6.45, 7) is 0. The number of aromatic nitrogens is 2. The van der Waals surface area contributed by atoms with Gasteiger partial charge in [-0.15, -0.1) is 0 Å². The normalized spacial score (nSPS) is 9.24. The van der Waals surface area contributed by atoms with E-state index in [4.69, 9.17) is 10.4 Å². The van der Waals surface area contributed by atoms with Crippen LogP contribution in [0.3, 0.4) is 0 Å². The first kappa shape index (κ1) is 13.7. The van der Waals surface area contributed by atoms with E-state index in [-0.39, 0.29) is 5.33 Å². The highest BCUT2D eigenvalue weighted by atomic mass is 79.9.